The summed E-state index contributed by atoms with van der Waals surface area (Å²) in [6.07, 6.45) is 2.88. The topological polar surface area (TPSA) is 98.5 Å². The Morgan fingerprint density at radius 2 is 1.73 bits per heavy atom. The zero-order valence-corrected chi connectivity index (χ0v) is 15.6. The van der Waals surface area contributed by atoms with Crippen molar-refractivity contribution in [3.63, 3.8) is 0 Å². The van der Waals surface area contributed by atoms with Gasteiger partial charge in [0.1, 0.15) is 5.75 Å². The number of hydrogen-bond donors (Lipinski definition) is 2. The molecule has 2 rings (SSSR count). The van der Waals surface area contributed by atoms with Gasteiger partial charge in [0.2, 0.25) is 5.91 Å². The number of nitrogen functional groups attached to an aromatic ring is 1. The van der Waals surface area contributed by atoms with Gasteiger partial charge in [-0.3, -0.25) is 4.79 Å². The Balaban J connectivity index is 1.61. The first-order valence-electron chi connectivity index (χ1n) is 8.38. The minimum Gasteiger partial charge on any atom is -0.494 e. The molecule has 0 fully saturated rings. The van der Waals surface area contributed by atoms with Crippen LogP contribution in [-0.2, 0) is 21.1 Å². The summed E-state index contributed by atoms with van der Waals surface area (Å²) >= 11 is 0. The molecule has 0 spiro atoms. The Labute approximate surface area is 154 Å². The number of rotatable bonds is 9. The monoisotopic (exact) mass is 376 g/mol. The van der Waals surface area contributed by atoms with E-state index in [9.17, 15) is 13.2 Å². The van der Waals surface area contributed by atoms with Crippen LogP contribution in [0.3, 0.4) is 0 Å². The first-order valence-corrected chi connectivity index (χ1v) is 10.3. The van der Waals surface area contributed by atoms with Gasteiger partial charge in [-0.2, -0.15) is 0 Å². The molecular formula is C19H24N2O4S. The van der Waals surface area contributed by atoms with Crippen LogP contribution in [0.4, 0.5) is 5.69 Å². The Morgan fingerprint density at radius 1 is 1.08 bits per heavy atom. The summed E-state index contributed by atoms with van der Waals surface area (Å²) in [4.78, 5) is 12.1. The number of sulfone groups is 1. The number of carbonyl (C=O) groups excluding carboxylic acids is 1. The van der Waals surface area contributed by atoms with E-state index in [1.807, 2.05) is 24.3 Å². The van der Waals surface area contributed by atoms with Crippen molar-refractivity contribution in [3.05, 3.63) is 54.1 Å². The molecule has 0 radical (unpaired) electrons. The van der Waals surface area contributed by atoms with Crippen molar-refractivity contribution in [3.8, 4) is 5.75 Å². The average Bonchev–Trinajstić information content (AvgIpc) is 2.60. The molecule has 26 heavy (non-hydrogen) atoms. The number of hydrogen-bond acceptors (Lipinski definition) is 5. The van der Waals surface area contributed by atoms with E-state index in [0.29, 0.717) is 31.7 Å². The second-order valence-electron chi connectivity index (χ2n) is 6.04. The van der Waals surface area contributed by atoms with Crippen molar-refractivity contribution in [1.29, 1.82) is 0 Å². The van der Waals surface area contributed by atoms with Gasteiger partial charge in [-0.05, 0) is 54.8 Å². The van der Waals surface area contributed by atoms with Gasteiger partial charge in [-0.15, -0.1) is 0 Å². The second-order valence-corrected chi connectivity index (χ2v) is 8.05. The normalized spacial score (nSPS) is 11.1. The Hall–Kier alpha value is -2.54. The van der Waals surface area contributed by atoms with Crippen LogP contribution in [0.2, 0.25) is 0 Å². The molecule has 1 amide bonds. The summed E-state index contributed by atoms with van der Waals surface area (Å²) < 4.78 is 28.3. The lowest BCUT2D eigenvalue weighted by atomic mass is 10.1. The fraction of sp³-hybridized carbons (Fsp3) is 0.316. The van der Waals surface area contributed by atoms with Crippen molar-refractivity contribution in [2.75, 3.05) is 25.1 Å². The summed E-state index contributed by atoms with van der Waals surface area (Å²) in [7, 11) is -3.20. The van der Waals surface area contributed by atoms with Gasteiger partial charge in [-0.25, -0.2) is 8.42 Å². The maximum Gasteiger partial charge on any atom is 0.220 e. The van der Waals surface area contributed by atoms with Crippen LogP contribution in [-0.4, -0.2) is 33.7 Å². The highest BCUT2D eigenvalue weighted by atomic mass is 32.2. The summed E-state index contributed by atoms with van der Waals surface area (Å²) in [6, 6.07) is 13.8. The molecule has 6 nitrogen and oxygen atoms in total. The third kappa shape index (κ3) is 6.76. The first-order chi connectivity index (χ1) is 12.3. The number of anilines is 1. The number of nitrogens with one attached hydrogen (secondary N) is 1. The minimum absolute atomic E-state index is 0.0172. The van der Waals surface area contributed by atoms with E-state index in [4.69, 9.17) is 10.5 Å². The van der Waals surface area contributed by atoms with Crippen molar-refractivity contribution < 1.29 is 17.9 Å². The molecule has 0 bridgehead atoms. The molecule has 3 N–H and O–H groups in total. The number of benzene rings is 2. The first kappa shape index (κ1) is 19.8. The summed E-state index contributed by atoms with van der Waals surface area (Å²) in [5, 5.41) is 2.88. The van der Waals surface area contributed by atoms with E-state index in [0.717, 1.165) is 23.9 Å². The lowest BCUT2D eigenvalue weighted by molar-refractivity contribution is -0.121. The maximum atomic E-state index is 11.8. The van der Waals surface area contributed by atoms with Crippen LogP contribution in [0.15, 0.2) is 53.4 Å². The molecule has 0 aromatic heterocycles. The zero-order valence-electron chi connectivity index (χ0n) is 14.8. The van der Waals surface area contributed by atoms with Crippen LogP contribution in [0.1, 0.15) is 18.4 Å². The SMILES string of the molecule is CS(=O)(=O)c1ccc(OCCCC(=O)NCCc2ccc(N)cc2)cc1. The number of amides is 1. The predicted molar refractivity (Wildman–Crippen MR) is 102 cm³/mol. The van der Waals surface area contributed by atoms with Crippen molar-refractivity contribution in [1.82, 2.24) is 5.32 Å². The third-order valence-electron chi connectivity index (χ3n) is 3.78. The third-order valence-corrected chi connectivity index (χ3v) is 4.91. The fourth-order valence-corrected chi connectivity index (χ4v) is 2.96. The van der Waals surface area contributed by atoms with E-state index in [-0.39, 0.29) is 10.8 Å². The molecule has 0 aliphatic rings. The van der Waals surface area contributed by atoms with Crippen molar-refractivity contribution in [2.24, 2.45) is 0 Å². The van der Waals surface area contributed by atoms with E-state index >= 15 is 0 Å². The summed E-state index contributed by atoms with van der Waals surface area (Å²) in [6.45, 7) is 0.972. The largest absolute Gasteiger partial charge is 0.494 e. The Morgan fingerprint density at radius 3 is 2.35 bits per heavy atom. The summed E-state index contributed by atoms with van der Waals surface area (Å²) in [5.74, 6) is 0.567. The van der Waals surface area contributed by atoms with Crippen LogP contribution in [0.5, 0.6) is 5.75 Å². The highest BCUT2D eigenvalue weighted by Crippen LogP contribution is 2.16. The molecule has 7 heteroatoms. The Bertz CT molecular complexity index is 816. The second kappa shape index (κ2) is 9.24. The van der Waals surface area contributed by atoms with Gasteiger partial charge in [-0.1, -0.05) is 12.1 Å². The number of ether oxygens (including phenoxy) is 1. The number of carbonyl (C=O) groups is 1. The van der Waals surface area contributed by atoms with E-state index < -0.39 is 9.84 Å². The molecule has 0 heterocycles. The highest BCUT2D eigenvalue weighted by Gasteiger charge is 2.06. The van der Waals surface area contributed by atoms with Crippen LogP contribution in [0.25, 0.3) is 0 Å². The highest BCUT2D eigenvalue weighted by molar-refractivity contribution is 7.90. The Kier molecular flexibility index (Phi) is 7.03. The molecule has 0 saturated heterocycles. The fourth-order valence-electron chi connectivity index (χ4n) is 2.32. The molecule has 0 saturated carbocycles. The van der Waals surface area contributed by atoms with Crippen molar-refractivity contribution >= 4 is 21.4 Å². The predicted octanol–water partition coefficient (Wildman–Crippen LogP) is 2.19. The van der Waals surface area contributed by atoms with Gasteiger partial charge in [0.05, 0.1) is 11.5 Å². The van der Waals surface area contributed by atoms with Crippen LogP contribution in [0, 0.1) is 0 Å². The van der Waals surface area contributed by atoms with Crippen molar-refractivity contribution in [2.45, 2.75) is 24.2 Å². The van der Waals surface area contributed by atoms with Gasteiger partial charge < -0.3 is 15.8 Å². The lowest BCUT2D eigenvalue weighted by Gasteiger charge is -2.08. The van der Waals surface area contributed by atoms with Gasteiger partial charge >= 0.3 is 0 Å². The standard InChI is InChI=1S/C19H24N2O4S/c1-26(23,24)18-10-8-17(9-11-18)25-14-2-3-19(22)21-13-12-15-4-6-16(20)7-5-15/h4-11H,2-3,12-14,20H2,1H3,(H,21,22). The molecule has 0 unspecified atom stereocenters. The van der Waals surface area contributed by atoms with E-state index in [2.05, 4.69) is 5.32 Å². The molecule has 2 aromatic carbocycles. The van der Waals surface area contributed by atoms with Crippen LogP contribution < -0.4 is 15.8 Å². The van der Waals surface area contributed by atoms with Gasteiger partial charge in [0, 0.05) is 24.9 Å². The minimum atomic E-state index is -3.20. The number of nitrogens with two attached hydrogens (primary N) is 1. The van der Waals surface area contributed by atoms with Crippen LogP contribution >= 0.6 is 0 Å². The van der Waals surface area contributed by atoms with E-state index in [1.54, 1.807) is 12.1 Å². The molecule has 0 atom stereocenters. The molecule has 2 aromatic rings. The van der Waals surface area contributed by atoms with Gasteiger partial charge in [0.15, 0.2) is 9.84 Å². The molecule has 140 valence electrons. The average molecular weight is 376 g/mol. The lowest BCUT2D eigenvalue weighted by Crippen LogP contribution is -2.25. The zero-order chi connectivity index (χ0) is 19.0. The maximum absolute atomic E-state index is 11.8. The van der Waals surface area contributed by atoms with E-state index in [1.165, 1.54) is 12.1 Å². The summed E-state index contributed by atoms with van der Waals surface area (Å²) in [5.41, 5.74) is 7.48. The van der Waals surface area contributed by atoms with Gasteiger partial charge in [0.25, 0.3) is 0 Å². The smallest absolute Gasteiger partial charge is 0.220 e. The molecule has 0 aliphatic carbocycles. The quantitative estimate of drug-likeness (QED) is 0.516. The molecule has 0 aliphatic heterocycles. The molecular weight excluding hydrogens is 352 g/mol.